The SMILES string of the molecule is CC(C)[C@H](O)C1(C(=O)O)[C@H]2CC2C(=O)N1C. The van der Waals surface area contributed by atoms with Crippen molar-refractivity contribution in [2.75, 3.05) is 7.05 Å². The van der Waals surface area contributed by atoms with Crippen molar-refractivity contribution in [1.82, 2.24) is 4.90 Å². The fourth-order valence-electron chi connectivity index (χ4n) is 2.99. The molecule has 2 N–H and O–H groups in total. The predicted octanol–water partition coefficient (Wildman–Crippen LogP) is -0.0652. The number of hydrogen-bond donors (Lipinski definition) is 2. The van der Waals surface area contributed by atoms with E-state index in [0.717, 1.165) is 0 Å². The Balaban J connectivity index is 2.44. The molecule has 0 aromatic heterocycles. The van der Waals surface area contributed by atoms with Gasteiger partial charge in [0, 0.05) is 18.9 Å². The molecule has 0 aromatic rings. The summed E-state index contributed by atoms with van der Waals surface area (Å²) in [5.74, 6) is -1.83. The van der Waals surface area contributed by atoms with Crippen molar-refractivity contribution in [3.8, 4) is 0 Å². The second-order valence-corrected chi connectivity index (χ2v) is 5.17. The largest absolute Gasteiger partial charge is 0.479 e. The van der Waals surface area contributed by atoms with E-state index in [-0.39, 0.29) is 23.7 Å². The summed E-state index contributed by atoms with van der Waals surface area (Å²) < 4.78 is 0. The summed E-state index contributed by atoms with van der Waals surface area (Å²) in [5.41, 5.74) is -1.41. The third-order valence-corrected chi connectivity index (χ3v) is 3.98. The molecule has 2 fully saturated rings. The first-order valence-corrected chi connectivity index (χ1v) is 5.54. The van der Waals surface area contributed by atoms with Gasteiger partial charge in [0.05, 0.1) is 6.10 Å². The van der Waals surface area contributed by atoms with Gasteiger partial charge >= 0.3 is 5.97 Å². The third-order valence-electron chi connectivity index (χ3n) is 3.98. The molecule has 1 aliphatic heterocycles. The average molecular weight is 227 g/mol. The molecule has 1 aliphatic carbocycles. The number of aliphatic hydroxyl groups excluding tert-OH is 1. The number of likely N-dealkylation sites (N-methyl/N-ethyl adjacent to an activating group) is 1. The van der Waals surface area contributed by atoms with Crippen LogP contribution in [-0.2, 0) is 9.59 Å². The van der Waals surface area contributed by atoms with Crippen molar-refractivity contribution in [2.24, 2.45) is 17.8 Å². The number of hydrogen-bond acceptors (Lipinski definition) is 3. The molecule has 90 valence electrons. The van der Waals surface area contributed by atoms with Crippen molar-refractivity contribution < 1.29 is 19.8 Å². The first kappa shape index (κ1) is 11.4. The van der Waals surface area contributed by atoms with Gasteiger partial charge in [0.2, 0.25) is 5.91 Å². The van der Waals surface area contributed by atoms with Crippen LogP contribution in [0, 0.1) is 17.8 Å². The Kier molecular flexibility index (Phi) is 2.28. The van der Waals surface area contributed by atoms with Gasteiger partial charge < -0.3 is 15.1 Å². The number of piperidine rings is 1. The van der Waals surface area contributed by atoms with Crippen LogP contribution in [0.15, 0.2) is 0 Å². The first-order chi connectivity index (χ1) is 7.35. The summed E-state index contributed by atoms with van der Waals surface area (Å²) in [7, 11) is 1.48. The van der Waals surface area contributed by atoms with Gasteiger partial charge in [-0.25, -0.2) is 4.79 Å². The molecule has 16 heavy (non-hydrogen) atoms. The Morgan fingerprint density at radius 2 is 2.12 bits per heavy atom. The van der Waals surface area contributed by atoms with Gasteiger partial charge in [0.1, 0.15) is 0 Å². The van der Waals surface area contributed by atoms with Gasteiger partial charge in [0.15, 0.2) is 5.54 Å². The molecule has 0 aromatic carbocycles. The number of rotatable bonds is 3. The van der Waals surface area contributed by atoms with Crippen molar-refractivity contribution >= 4 is 11.9 Å². The van der Waals surface area contributed by atoms with E-state index in [4.69, 9.17) is 0 Å². The number of nitrogens with zero attached hydrogens (tertiary/aromatic N) is 1. The van der Waals surface area contributed by atoms with Crippen LogP contribution < -0.4 is 0 Å². The lowest BCUT2D eigenvalue weighted by atomic mass is 9.81. The number of amides is 1. The van der Waals surface area contributed by atoms with Crippen LogP contribution in [0.2, 0.25) is 0 Å². The standard InChI is InChI=1S/C11H17NO4/c1-5(2)8(13)11(10(15)16)7-4-6(7)9(14)12(11)3/h5-8,13H,4H2,1-3H3,(H,15,16)/t6?,7-,8-,11?/m0/s1. The highest BCUT2D eigenvalue weighted by Gasteiger charge is 2.72. The predicted molar refractivity (Wildman–Crippen MR) is 55.6 cm³/mol. The minimum absolute atomic E-state index is 0.146. The molecule has 2 rings (SSSR count). The Morgan fingerprint density at radius 3 is 2.44 bits per heavy atom. The quantitative estimate of drug-likeness (QED) is 0.707. The lowest BCUT2D eigenvalue weighted by Crippen LogP contribution is -2.62. The summed E-state index contributed by atoms with van der Waals surface area (Å²) in [6, 6.07) is 0. The maximum atomic E-state index is 11.7. The van der Waals surface area contributed by atoms with Crippen molar-refractivity contribution in [3.63, 3.8) is 0 Å². The molecular weight excluding hydrogens is 210 g/mol. The molecule has 5 nitrogen and oxygen atoms in total. The first-order valence-electron chi connectivity index (χ1n) is 5.54. The molecule has 1 saturated carbocycles. The van der Waals surface area contributed by atoms with Gasteiger partial charge in [-0.3, -0.25) is 4.79 Å². The lowest BCUT2D eigenvalue weighted by Gasteiger charge is -2.40. The van der Waals surface area contributed by atoms with E-state index >= 15 is 0 Å². The molecular formula is C11H17NO4. The van der Waals surface area contributed by atoms with Crippen LogP contribution >= 0.6 is 0 Å². The summed E-state index contributed by atoms with van der Waals surface area (Å²) in [4.78, 5) is 24.5. The summed E-state index contributed by atoms with van der Waals surface area (Å²) in [5, 5.41) is 19.6. The zero-order chi connectivity index (χ0) is 12.2. The molecule has 1 saturated heterocycles. The maximum Gasteiger partial charge on any atom is 0.332 e. The summed E-state index contributed by atoms with van der Waals surface area (Å²) in [6.45, 7) is 3.53. The van der Waals surface area contributed by atoms with Crippen LogP contribution in [0.1, 0.15) is 20.3 Å². The molecule has 1 heterocycles. The van der Waals surface area contributed by atoms with Crippen molar-refractivity contribution in [1.29, 1.82) is 0 Å². The maximum absolute atomic E-state index is 11.7. The smallest absolute Gasteiger partial charge is 0.332 e. The second-order valence-electron chi connectivity index (χ2n) is 5.17. The van der Waals surface area contributed by atoms with E-state index in [1.807, 2.05) is 0 Å². The summed E-state index contributed by atoms with van der Waals surface area (Å²) in [6.07, 6.45) is -0.421. The van der Waals surface area contributed by atoms with Gasteiger partial charge in [-0.05, 0) is 12.3 Å². The number of aliphatic carboxylic acids is 1. The number of fused-ring (bicyclic) bond motifs is 1. The Morgan fingerprint density at radius 1 is 1.56 bits per heavy atom. The number of aliphatic hydroxyl groups is 1. The minimum atomic E-state index is -1.41. The average Bonchev–Trinajstić information content (AvgIpc) is 2.92. The number of carboxylic acids is 1. The van der Waals surface area contributed by atoms with Gasteiger partial charge in [-0.2, -0.15) is 0 Å². The molecule has 1 amide bonds. The van der Waals surface area contributed by atoms with Crippen LogP contribution in [0.25, 0.3) is 0 Å². The monoisotopic (exact) mass is 227 g/mol. The topological polar surface area (TPSA) is 77.8 Å². The zero-order valence-corrected chi connectivity index (χ0v) is 9.67. The summed E-state index contributed by atoms with van der Waals surface area (Å²) >= 11 is 0. The van der Waals surface area contributed by atoms with Crippen LogP contribution in [0.5, 0.6) is 0 Å². The van der Waals surface area contributed by atoms with Crippen LogP contribution in [0.3, 0.4) is 0 Å². The number of carboxylic acid groups (broad SMARTS) is 1. The Labute approximate surface area is 94.0 Å². The highest BCUT2D eigenvalue weighted by molar-refractivity contribution is 5.96. The van der Waals surface area contributed by atoms with Crippen LogP contribution in [0.4, 0.5) is 0 Å². The van der Waals surface area contributed by atoms with Gasteiger partial charge in [-0.1, -0.05) is 13.8 Å². The number of carbonyl (C=O) groups excluding carboxylic acids is 1. The number of likely N-dealkylation sites (tertiary alicyclic amines) is 1. The van der Waals surface area contributed by atoms with Gasteiger partial charge in [0.25, 0.3) is 0 Å². The van der Waals surface area contributed by atoms with E-state index in [2.05, 4.69) is 0 Å². The fourth-order valence-corrected chi connectivity index (χ4v) is 2.99. The molecule has 2 unspecified atom stereocenters. The second kappa shape index (κ2) is 3.20. The number of carbonyl (C=O) groups is 2. The fraction of sp³-hybridized carbons (Fsp3) is 0.818. The van der Waals surface area contributed by atoms with E-state index in [1.165, 1.54) is 11.9 Å². The molecule has 0 radical (unpaired) electrons. The van der Waals surface area contributed by atoms with Gasteiger partial charge in [-0.15, -0.1) is 0 Å². The lowest BCUT2D eigenvalue weighted by molar-refractivity contribution is -0.166. The highest BCUT2D eigenvalue weighted by Crippen LogP contribution is 2.58. The molecule has 2 aliphatic rings. The zero-order valence-electron chi connectivity index (χ0n) is 9.67. The van der Waals surface area contributed by atoms with E-state index in [0.29, 0.717) is 6.42 Å². The Hall–Kier alpha value is -1.10. The molecule has 0 bridgehead atoms. The normalized spacial score (nSPS) is 38.8. The molecule has 5 heteroatoms. The van der Waals surface area contributed by atoms with Crippen molar-refractivity contribution in [3.05, 3.63) is 0 Å². The molecule has 0 spiro atoms. The minimum Gasteiger partial charge on any atom is -0.479 e. The van der Waals surface area contributed by atoms with E-state index in [1.54, 1.807) is 13.8 Å². The van der Waals surface area contributed by atoms with Crippen LogP contribution in [-0.4, -0.2) is 45.7 Å². The van der Waals surface area contributed by atoms with E-state index < -0.39 is 17.6 Å². The Bertz CT molecular complexity index is 354. The third kappa shape index (κ3) is 1.09. The van der Waals surface area contributed by atoms with Crippen molar-refractivity contribution in [2.45, 2.75) is 31.9 Å². The highest BCUT2D eigenvalue weighted by atomic mass is 16.4. The van der Waals surface area contributed by atoms with E-state index in [9.17, 15) is 19.8 Å². The molecule has 4 atom stereocenters.